The van der Waals surface area contributed by atoms with Crippen LogP contribution in [0.3, 0.4) is 0 Å². The van der Waals surface area contributed by atoms with E-state index in [1.807, 2.05) is 36.5 Å². The molecule has 134 valence electrons. The van der Waals surface area contributed by atoms with E-state index < -0.39 is 6.03 Å². The van der Waals surface area contributed by atoms with Crippen LogP contribution in [0.1, 0.15) is 11.3 Å². The minimum absolute atomic E-state index is 0.106. The summed E-state index contributed by atoms with van der Waals surface area (Å²) >= 11 is 0. The van der Waals surface area contributed by atoms with Gasteiger partial charge in [0.25, 0.3) is 0 Å². The maximum atomic E-state index is 11.8. The Labute approximate surface area is 150 Å². The summed E-state index contributed by atoms with van der Waals surface area (Å²) in [6.07, 6.45) is 5.11. The van der Waals surface area contributed by atoms with E-state index in [-0.39, 0.29) is 19.0 Å². The van der Waals surface area contributed by atoms with Crippen molar-refractivity contribution in [2.75, 3.05) is 6.54 Å². The highest BCUT2D eigenvalue weighted by Crippen LogP contribution is 2.08. The number of carbonyl (C=O) groups is 2. The Kier molecular flexibility index (Phi) is 5.66. The quantitative estimate of drug-likeness (QED) is 0.600. The molecule has 3 rings (SSSR count). The third-order valence-electron chi connectivity index (χ3n) is 3.61. The van der Waals surface area contributed by atoms with Gasteiger partial charge in [-0.25, -0.2) is 9.48 Å². The number of rotatable bonds is 7. The SMILES string of the molecule is O=C(CNC(=O)NCc1ccc(-n2cccn2)cc1)NCc1ccco1. The lowest BCUT2D eigenvalue weighted by molar-refractivity contribution is -0.120. The minimum Gasteiger partial charge on any atom is -0.467 e. The van der Waals surface area contributed by atoms with Crippen molar-refractivity contribution in [2.45, 2.75) is 13.1 Å². The average Bonchev–Trinajstić information content (AvgIpc) is 3.37. The van der Waals surface area contributed by atoms with Crippen LogP contribution in [0.25, 0.3) is 5.69 Å². The first-order valence-electron chi connectivity index (χ1n) is 8.10. The van der Waals surface area contributed by atoms with Crippen molar-refractivity contribution in [1.82, 2.24) is 25.7 Å². The second-order valence-corrected chi connectivity index (χ2v) is 5.51. The third kappa shape index (κ3) is 4.97. The molecular weight excluding hydrogens is 334 g/mol. The molecule has 8 nitrogen and oxygen atoms in total. The molecular formula is C18H19N5O3. The molecule has 2 aromatic heterocycles. The molecule has 0 saturated carbocycles. The molecule has 0 bridgehead atoms. The second kappa shape index (κ2) is 8.52. The molecule has 0 aliphatic carbocycles. The molecule has 0 fully saturated rings. The van der Waals surface area contributed by atoms with Crippen LogP contribution in [0, 0.1) is 0 Å². The highest BCUT2D eigenvalue weighted by Gasteiger charge is 2.06. The fourth-order valence-electron chi connectivity index (χ4n) is 2.25. The first-order valence-corrected chi connectivity index (χ1v) is 8.10. The molecule has 0 aliphatic heterocycles. The van der Waals surface area contributed by atoms with Gasteiger partial charge >= 0.3 is 6.03 Å². The normalized spacial score (nSPS) is 10.3. The molecule has 0 aliphatic rings. The minimum atomic E-state index is -0.408. The zero-order valence-corrected chi connectivity index (χ0v) is 14.0. The van der Waals surface area contributed by atoms with Gasteiger partial charge in [-0.15, -0.1) is 0 Å². The number of nitrogens with zero attached hydrogens (tertiary/aromatic N) is 2. The topological polar surface area (TPSA) is 101 Å². The maximum absolute atomic E-state index is 11.8. The Morgan fingerprint density at radius 1 is 1.00 bits per heavy atom. The molecule has 8 heteroatoms. The van der Waals surface area contributed by atoms with Crippen LogP contribution in [0.5, 0.6) is 0 Å². The number of nitrogens with one attached hydrogen (secondary N) is 3. The molecule has 1 aromatic carbocycles. The number of amides is 3. The predicted octanol–water partition coefficient (Wildman–Crippen LogP) is 1.58. The molecule has 0 saturated heterocycles. The van der Waals surface area contributed by atoms with Crippen molar-refractivity contribution < 1.29 is 14.0 Å². The van der Waals surface area contributed by atoms with E-state index in [2.05, 4.69) is 21.0 Å². The molecule has 0 unspecified atom stereocenters. The summed E-state index contributed by atoms with van der Waals surface area (Å²) in [4.78, 5) is 23.4. The zero-order chi connectivity index (χ0) is 18.2. The first kappa shape index (κ1) is 17.3. The first-order chi connectivity index (χ1) is 12.7. The standard InChI is InChI=1S/C18H19N5O3/c24-17(19-12-16-3-1-10-26-16)13-21-18(25)20-11-14-4-6-15(7-5-14)23-9-2-8-22-23/h1-10H,11-13H2,(H,19,24)(H2,20,21,25). The van der Waals surface area contributed by atoms with E-state index in [4.69, 9.17) is 4.42 Å². The van der Waals surface area contributed by atoms with E-state index in [1.165, 1.54) is 6.26 Å². The molecule has 3 amide bonds. The monoisotopic (exact) mass is 353 g/mol. The van der Waals surface area contributed by atoms with E-state index in [1.54, 1.807) is 23.0 Å². The maximum Gasteiger partial charge on any atom is 0.315 e. The summed E-state index contributed by atoms with van der Waals surface area (Å²) in [5, 5.41) is 12.0. The Hall–Kier alpha value is -3.55. The number of urea groups is 1. The molecule has 0 atom stereocenters. The van der Waals surface area contributed by atoms with Crippen LogP contribution >= 0.6 is 0 Å². The van der Waals surface area contributed by atoms with Crippen LogP contribution < -0.4 is 16.0 Å². The fourth-order valence-corrected chi connectivity index (χ4v) is 2.25. The number of hydrogen-bond donors (Lipinski definition) is 3. The van der Waals surface area contributed by atoms with Crippen molar-refractivity contribution in [3.05, 3.63) is 72.4 Å². The van der Waals surface area contributed by atoms with Gasteiger partial charge in [-0.1, -0.05) is 12.1 Å². The summed E-state index contributed by atoms with van der Waals surface area (Å²) in [6.45, 7) is 0.543. The van der Waals surface area contributed by atoms with Crippen molar-refractivity contribution in [3.8, 4) is 5.69 Å². The average molecular weight is 353 g/mol. The summed E-state index contributed by atoms with van der Waals surface area (Å²) in [7, 11) is 0. The van der Waals surface area contributed by atoms with Crippen molar-refractivity contribution >= 4 is 11.9 Å². The summed E-state index contributed by atoms with van der Waals surface area (Å²) in [6, 6.07) is 12.6. The Bertz CT molecular complexity index is 826. The summed E-state index contributed by atoms with van der Waals surface area (Å²) in [5.74, 6) is 0.362. The van der Waals surface area contributed by atoms with Gasteiger partial charge in [-0.3, -0.25) is 4.79 Å². The number of aromatic nitrogens is 2. The van der Waals surface area contributed by atoms with E-state index in [0.29, 0.717) is 12.3 Å². The highest BCUT2D eigenvalue weighted by atomic mass is 16.3. The lowest BCUT2D eigenvalue weighted by Crippen LogP contribution is -2.41. The van der Waals surface area contributed by atoms with Crippen molar-refractivity contribution in [2.24, 2.45) is 0 Å². The van der Waals surface area contributed by atoms with Crippen LogP contribution in [0.15, 0.2) is 65.5 Å². The van der Waals surface area contributed by atoms with Gasteiger partial charge in [0, 0.05) is 18.9 Å². The lowest BCUT2D eigenvalue weighted by atomic mass is 10.2. The van der Waals surface area contributed by atoms with Crippen LogP contribution in [-0.2, 0) is 17.9 Å². The molecule has 0 spiro atoms. The molecule has 3 N–H and O–H groups in total. The summed E-state index contributed by atoms with van der Waals surface area (Å²) in [5.41, 5.74) is 1.88. The Morgan fingerprint density at radius 2 is 1.85 bits per heavy atom. The van der Waals surface area contributed by atoms with Gasteiger partial charge in [0.2, 0.25) is 5.91 Å². The third-order valence-corrected chi connectivity index (χ3v) is 3.61. The number of furan rings is 1. The molecule has 3 aromatic rings. The van der Waals surface area contributed by atoms with Gasteiger partial charge in [0.1, 0.15) is 5.76 Å². The number of benzene rings is 1. The van der Waals surface area contributed by atoms with Crippen molar-refractivity contribution in [1.29, 1.82) is 0 Å². The number of carbonyl (C=O) groups excluding carboxylic acids is 2. The molecule has 2 heterocycles. The van der Waals surface area contributed by atoms with Crippen LogP contribution in [0.2, 0.25) is 0 Å². The Morgan fingerprint density at radius 3 is 2.54 bits per heavy atom. The van der Waals surface area contributed by atoms with Gasteiger partial charge in [0.15, 0.2) is 0 Å². The summed E-state index contributed by atoms with van der Waals surface area (Å²) < 4.78 is 6.86. The van der Waals surface area contributed by atoms with Gasteiger partial charge in [0.05, 0.1) is 25.0 Å². The predicted molar refractivity (Wildman–Crippen MR) is 94.4 cm³/mol. The highest BCUT2D eigenvalue weighted by molar-refractivity contribution is 5.83. The van der Waals surface area contributed by atoms with Crippen LogP contribution in [0.4, 0.5) is 4.79 Å². The molecule has 0 radical (unpaired) electrons. The smallest absolute Gasteiger partial charge is 0.315 e. The number of hydrogen-bond acceptors (Lipinski definition) is 4. The van der Waals surface area contributed by atoms with Crippen LogP contribution in [-0.4, -0.2) is 28.3 Å². The van der Waals surface area contributed by atoms with E-state index in [9.17, 15) is 9.59 Å². The second-order valence-electron chi connectivity index (χ2n) is 5.51. The fraction of sp³-hybridized carbons (Fsp3) is 0.167. The largest absolute Gasteiger partial charge is 0.467 e. The zero-order valence-electron chi connectivity index (χ0n) is 14.0. The van der Waals surface area contributed by atoms with E-state index >= 15 is 0 Å². The van der Waals surface area contributed by atoms with Crippen molar-refractivity contribution in [3.63, 3.8) is 0 Å². The molecule has 26 heavy (non-hydrogen) atoms. The lowest BCUT2D eigenvalue weighted by Gasteiger charge is -2.08. The van der Waals surface area contributed by atoms with Gasteiger partial charge in [-0.05, 0) is 35.9 Å². The Balaban J connectivity index is 1.36. The van der Waals surface area contributed by atoms with Gasteiger partial charge < -0.3 is 20.4 Å². The van der Waals surface area contributed by atoms with E-state index in [0.717, 1.165) is 11.3 Å². The van der Waals surface area contributed by atoms with Gasteiger partial charge in [-0.2, -0.15) is 5.10 Å².